The van der Waals surface area contributed by atoms with Crippen LogP contribution in [0.5, 0.6) is 0 Å². The predicted molar refractivity (Wildman–Crippen MR) is 81.6 cm³/mol. The van der Waals surface area contributed by atoms with Crippen molar-refractivity contribution in [2.24, 2.45) is 0 Å². The Balaban J connectivity index is 2.46. The zero-order valence-electron chi connectivity index (χ0n) is 10.5. The monoisotopic (exact) mass is 392 g/mol. The number of carboxylic acid groups (broad SMARTS) is 1. The van der Waals surface area contributed by atoms with E-state index in [-0.39, 0.29) is 21.2 Å². The molecule has 0 aliphatic carbocycles. The van der Waals surface area contributed by atoms with E-state index in [9.17, 15) is 18.0 Å². The second kappa shape index (κ2) is 5.62. The second-order valence-electron chi connectivity index (χ2n) is 4.03. The van der Waals surface area contributed by atoms with Crippen LogP contribution in [0.25, 0.3) is 0 Å². The molecule has 0 unspecified atom stereocenters. The van der Waals surface area contributed by atoms with E-state index in [1.165, 1.54) is 25.1 Å². The SMILES string of the molecule is Cc1[nH]c(=O)sc1S(=O)(=O)Nc1cc(C(=O)O)ccc1Br. The van der Waals surface area contributed by atoms with Crippen molar-refractivity contribution in [1.29, 1.82) is 0 Å². The molecule has 0 aliphatic heterocycles. The van der Waals surface area contributed by atoms with Crippen molar-refractivity contribution in [3.8, 4) is 0 Å². The number of hydrogen-bond acceptors (Lipinski definition) is 5. The lowest BCUT2D eigenvalue weighted by atomic mass is 10.2. The van der Waals surface area contributed by atoms with Gasteiger partial charge in [-0.15, -0.1) is 0 Å². The molecule has 1 aromatic heterocycles. The molecule has 0 aliphatic rings. The van der Waals surface area contributed by atoms with Crippen molar-refractivity contribution in [2.45, 2.75) is 11.1 Å². The number of sulfonamides is 1. The number of thiazole rings is 1. The van der Waals surface area contributed by atoms with Gasteiger partial charge in [-0.1, -0.05) is 11.3 Å². The first-order valence-electron chi connectivity index (χ1n) is 5.46. The summed E-state index contributed by atoms with van der Waals surface area (Å²) in [7, 11) is -3.97. The van der Waals surface area contributed by atoms with E-state index < -0.39 is 20.9 Å². The van der Waals surface area contributed by atoms with Crippen LogP contribution in [0.2, 0.25) is 0 Å². The molecule has 1 aromatic carbocycles. The van der Waals surface area contributed by atoms with Gasteiger partial charge in [-0.2, -0.15) is 0 Å². The van der Waals surface area contributed by atoms with Crippen molar-refractivity contribution in [3.05, 3.63) is 43.6 Å². The summed E-state index contributed by atoms with van der Waals surface area (Å²) in [6.07, 6.45) is 0. The van der Waals surface area contributed by atoms with Crippen molar-refractivity contribution < 1.29 is 18.3 Å². The smallest absolute Gasteiger partial charge is 0.335 e. The van der Waals surface area contributed by atoms with Crippen LogP contribution >= 0.6 is 27.3 Å². The molecule has 0 spiro atoms. The van der Waals surface area contributed by atoms with Gasteiger partial charge in [0.15, 0.2) is 4.21 Å². The molecule has 3 N–H and O–H groups in total. The standard InChI is InChI=1S/C11H9BrN2O5S2/c1-5-10(20-11(17)13-5)21(18,19)14-8-4-6(9(15)16)2-3-7(8)12/h2-4,14H,1H3,(H,13,17)(H,15,16). The van der Waals surface area contributed by atoms with Gasteiger partial charge in [-0.05, 0) is 41.1 Å². The molecule has 0 saturated carbocycles. The average molecular weight is 393 g/mol. The number of carbonyl (C=O) groups is 1. The van der Waals surface area contributed by atoms with Crippen LogP contribution in [0.4, 0.5) is 5.69 Å². The van der Waals surface area contributed by atoms with Crippen LogP contribution in [-0.2, 0) is 10.0 Å². The number of aromatic carboxylic acids is 1. The number of aromatic amines is 1. The Morgan fingerprint density at radius 1 is 1.43 bits per heavy atom. The van der Waals surface area contributed by atoms with Crippen molar-refractivity contribution >= 4 is 48.9 Å². The zero-order valence-corrected chi connectivity index (χ0v) is 13.7. The Hall–Kier alpha value is -1.65. The highest BCUT2D eigenvalue weighted by Crippen LogP contribution is 2.27. The molecule has 0 bridgehead atoms. The molecule has 2 rings (SSSR count). The minimum Gasteiger partial charge on any atom is -0.478 e. The Kier molecular flexibility index (Phi) is 4.21. The third-order valence-corrected chi connectivity index (χ3v) is 6.14. The lowest BCUT2D eigenvalue weighted by Crippen LogP contribution is -2.13. The van der Waals surface area contributed by atoms with E-state index in [0.29, 0.717) is 15.8 Å². The molecule has 0 fully saturated rings. The van der Waals surface area contributed by atoms with Crippen LogP contribution in [0.3, 0.4) is 0 Å². The highest BCUT2D eigenvalue weighted by atomic mass is 79.9. The lowest BCUT2D eigenvalue weighted by molar-refractivity contribution is 0.0697. The fraction of sp³-hybridized carbons (Fsp3) is 0.0909. The summed E-state index contributed by atoms with van der Waals surface area (Å²) in [4.78, 5) is 24.0. The molecule has 2 aromatic rings. The Bertz CT molecular complexity index is 869. The number of rotatable bonds is 4. The van der Waals surface area contributed by atoms with Gasteiger partial charge in [0.25, 0.3) is 10.0 Å². The highest BCUT2D eigenvalue weighted by molar-refractivity contribution is 9.10. The lowest BCUT2D eigenvalue weighted by Gasteiger charge is -2.09. The topological polar surface area (TPSA) is 116 Å². The Morgan fingerprint density at radius 2 is 2.10 bits per heavy atom. The van der Waals surface area contributed by atoms with Crippen molar-refractivity contribution in [2.75, 3.05) is 4.72 Å². The number of hydrogen-bond donors (Lipinski definition) is 3. The first-order chi connectivity index (χ1) is 9.70. The summed E-state index contributed by atoms with van der Waals surface area (Å²) in [5, 5.41) is 8.93. The van der Waals surface area contributed by atoms with Gasteiger partial charge in [0.05, 0.1) is 11.3 Å². The number of aryl methyl sites for hydroxylation is 1. The van der Waals surface area contributed by atoms with Crippen LogP contribution in [0, 0.1) is 6.92 Å². The van der Waals surface area contributed by atoms with Gasteiger partial charge in [0.2, 0.25) is 0 Å². The van der Waals surface area contributed by atoms with Gasteiger partial charge in [-0.25, -0.2) is 13.2 Å². The minimum atomic E-state index is -3.97. The number of halogens is 1. The van der Waals surface area contributed by atoms with E-state index in [4.69, 9.17) is 5.11 Å². The molecule has 21 heavy (non-hydrogen) atoms. The predicted octanol–water partition coefficient (Wildman–Crippen LogP) is 2.01. The summed E-state index contributed by atoms with van der Waals surface area (Å²) in [6, 6.07) is 3.95. The molecule has 10 heteroatoms. The zero-order chi connectivity index (χ0) is 15.8. The number of aromatic nitrogens is 1. The maximum absolute atomic E-state index is 12.2. The largest absolute Gasteiger partial charge is 0.478 e. The van der Waals surface area contributed by atoms with Crippen LogP contribution in [-0.4, -0.2) is 24.5 Å². The van der Waals surface area contributed by atoms with Gasteiger partial charge >= 0.3 is 10.8 Å². The van der Waals surface area contributed by atoms with Crippen molar-refractivity contribution in [3.63, 3.8) is 0 Å². The number of H-pyrrole nitrogens is 1. The second-order valence-corrected chi connectivity index (χ2v) is 7.75. The van der Waals surface area contributed by atoms with E-state index >= 15 is 0 Å². The average Bonchev–Trinajstić information content (AvgIpc) is 2.71. The normalized spacial score (nSPS) is 11.3. The molecule has 0 radical (unpaired) electrons. The Morgan fingerprint density at radius 3 is 2.62 bits per heavy atom. The van der Waals surface area contributed by atoms with Crippen LogP contribution in [0.15, 0.2) is 31.7 Å². The first kappa shape index (κ1) is 15.7. The number of nitrogens with one attached hydrogen (secondary N) is 2. The molecule has 7 nitrogen and oxygen atoms in total. The molecule has 1 heterocycles. The minimum absolute atomic E-state index is 0.0603. The van der Waals surface area contributed by atoms with Crippen LogP contribution in [0.1, 0.15) is 16.1 Å². The summed E-state index contributed by atoms with van der Waals surface area (Å²) in [5.74, 6) is -1.18. The maximum Gasteiger partial charge on any atom is 0.335 e. The van der Waals surface area contributed by atoms with Crippen LogP contribution < -0.4 is 9.60 Å². The van der Waals surface area contributed by atoms with Gasteiger partial charge in [0.1, 0.15) is 0 Å². The molecule has 0 atom stereocenters. The fourth-order valence-corrected chi connectivity index (χ4v) is 4.42. The van der Waals surface area contributed by atoms with Crippen molar-refractivity contribution in [1.82, 2.24) is 4.98 Å². The molecule has 0 saturated heterocycles. The van der Waals surface area contributed by atoms with Gasteiger partial charge in [-0.3, -0.25) is 9.52 Å². The van der Waals surface area contributed by atoms with E-state index in [1.54, 1.807) is 0 Å². The van der Waals surface area contributed by atoms with E-state index in [1.807, 2.05) is 0 Å². The summed E-state index contributed by atoms with van der Waals surface area (Å²) in [6.45, 7) is 1.47. The molecular weight excluding hydrogens is 384 g/mol. The third kappa shape index (κ3) is 3.34. The quantitative estimate of drug-likeness (QED) is 0.735. The third-order valence-electron chi connectivity index (χ3n) is 2.48. The summed E-state index contributed by atoms with van der Waals surface area (Å²) < 4.78 is 27.0. The molecule has 112 valence electrons. The van der Waals surface area contributed by atoms with E-state index in [2.05, 4.69) is 25.6 Å². The number of carboxylic acids is 1. The summed E-state index contributed by atoms with van der Waals surface area (Å²) >= 11 is 3.71. The molecular formula is C11H9BrN2O5S2. The molecule has 0 amide bonds. The highest BCUT2D eigenvalue weighted by Gasteiger charge is 2.22. The van der Waals surface area contributed by atoms with Gasteiger partial charge < -0.3 is 10.1 Å². The number of benzene rings is 1. The number of anilines is 1. The first-order valence-corrected chi connectivity index (χ1v) is 8.55. The van der Waals surface area contributed by atoms with Gasteiger partial charge in [0, 0.05) is 10.2 Å². The van der Waals surface area contributed by atoms with E-state index in [0.717, 1.165) is 0 Å². The fourth-order valence-electron chi connectivity index (χ4n) is 1.57. The summed E-state index contributed by atoms with van der Waals surface area (Å²) in [5.41, 5.74) is 0.244. The Labute approximate surface area is 131 Å². The maximum atomic E-state index is 12.2.